The number of nitrogens with two attached hydrogens (primary N) is 3. The van der Waals surface area contributed by atoms with Gasteiger partial charge in [0.2, 0.25) is 5.95 Å². The number of nitrogens with zero attached hydrogens (tertiary/aromatic N) is 15. The fourth-order valence-electron chi connectivity index (χ4n) is 10.2. The highest BCUT2D eigenvalue weighted by Crippen LogP contribution is 2.58. The number of nitrogen functional groups attached to an aromatic ring is 3. The monoisotopic (exact) mass is 1330 g/mol. The van der Waals surface area contributed by atoms with Gasteiger partial charge in [0.05, 0.1) is 76.8 Å². The second-order valence-corrected chi connectivity index (χ2v) is 32.8. The van der Waals surface area contributed by atoms with Gasteiger partial charge in [-0.05, 0) is 75.4 Å². The van der Waals surface area contributed by atoms with Crippen molar-refractivity contribution in [2.45, 2.75) is 56.3 Å². The van der Waals surface area contributed by atoms with Crippen molar-refractivity contribution in [3.8, 4) is 0 Å². The van der Waals surface area contributed by atoms with Gasteiger partial charge in [0.25, 0.3) is 18.6 Å². The summed E-state index contributed by atoms with van der Waals surface area (Å²) in [5.74, 6) is -0.261. The van der Waals surface area contributed by atoms with Gasteiger partial charge in [-0.2, -0.15) is 15.0 Å². The Labute approximate surface area is 509 Å². The van der Waals surface area contributed by atoms with Crippen LogP contribution >= 0.6 is 30.5 Å². The molecule has 0 aliphatic carbocycles. The highest BCUT2D eigenvalue weighted by atomic mass is 31.2. The van der Waals surface area contributed by atoms with E-state index in [9.17, 15) is 28.5 Å². The zero-order valence-electron chi connectivity index (χ0n) is 50.7. The van der Waals surface area contributed by atoms with Gasteiger partial charge in [-0.25, -0.2) is 52.1 Å². The predicted octanol–water partition coefficient (Wildman–Crippen LogP) is -1.22. The average Bonchev–Trinajstić information content (AvgIpc) is 1.99. The smallest absolute Gasteiger partial charge is 0.351 e. The van der Waals surface area contributed by atoms with Crippen LogP contribution in [0.2, 0.25) is 0 Å². The number of anilines is 3. The van der Waals surface area contributed by atoms with Crippen LogP contribution in [0.25, 0.3) is 11.2 Å². The standard InChI is InChI=1S/C47H77N21O17P4/c1-29-17-67(47(73)57-42(29)69)38-22-63(18-31(84-38)25-78-86(10,74)58(2)3)88(76,60(6)7)81-27-33-20-64(23-39(85-33)68-28-52-40-41(68)55-44(50)56-43(40)70)89(77,61(8)9)80-26-32-19-62(21-37(83-32)66-14-12-35(49)54-46(66)72)87(75,59(4)5)79-24-30-15-51-16-36(82-30)65-13-11-34(48)53-45(65)71/h11-14,17,28,30-33,36-39,51H,15-16,18-27H2,1-10H3,(H2,48,53,71)(H2,49,54,72)(H,57,69,73)(H3,50,55,56,70). The number of morpholine rings is 4. The minimum Gasteiger partial charge on any atom is -0.383 e. The van der Waals surface area contributed by atoms with Crippen LogP contribution in [0, 0.1) is 6.92 Å². The Hall–Kier alpha value is -5.53. The number of aryl methyl sites for hydroxylation is 1. The molecule has 5 aromatic heterocycles. The summed E-state index contributed by atoms with van der Waals surface area (Å²) in [6, 6.07) is 2.85. The van der Waals surface area contributed by atoms with Crippen LogP contribution in [-0.4, -0.2) is 247 Å². The minimum atomic E-state index is -4.33. The van der Waals surface area contributed by atoms with E-state index in [-0.39, 0.29) is 99.9 Å². The van der Waals surface area contributed by atoms with Crippen LogP contribution in [0.15, 0.2) is 61.0 Å². The number of aromatic amines is 2. The normalized spacial score (nSPS) is 26.4. The molecule has 4 aliphatic rings. The van der Waals surface area contributed by atoms with E-state index in [1.54, 1.807) is 28.2 Å². The molecule has 0 saturated carbocycles. The molecule has 0 radical (unpaired) electrons. The molecule has 9 heterocycles. The summed E-state index contributed by atoms with van der Waals surface area (Å²) < 4.78 is 126. The second-order valence-electron chi connectivity index (χ2n) is 22.3. The molecule has 0 aromatic carbocycles. The Morgan fingerprint density at radius 2 is 0.989 bits per heavy atom. The summed E-state index contributed by atoms with van der Waals surface area (Å²) in [5, 5.41) is 3.20. The number of aromatic nitrogens is 10. The van der Waals surface area contributed by atoms with Crippen LogP contribution in [0.3, 0.4) is 0 Å². The van der Waals surface area contributed by atoms with E-state index < -0.39 is 121 Å². The molecule has 9 rings (SSSR count). The lowest BCUT2D eigenvalue weighted by Crippen LogP contribution is -2.51. The Morgan fingerprint density at radius 1 is 0.551 bits per heavy atom. The number of imidazole rings is 1. The Kier molecular flexibility index (Phi) is 20.9. The first-order valence-corrected chi connectivity index (χ1v) is 34.5. The molecule has 12 unspecified atom stereocenters. The van der Waals surface area contributed by atoms with Gasteiger partial charge in [0.1, 0.15) is 17.9 Å². The molecular formula is C47H77N21O17P4. The number of H-pyrrole nitrogens is 2. The first-order valence-electron chi connectivity index (χ1n) is 27.9. The van der Waals surface area contributed by atoms with Gasteiger partial charge in [-0.3, -0.25) is 56.1 Å². The second kappa shape index (κ2) is 27.4. The van der Waals surface area contributed by atoms with Crippen molar-refractivity contribution in [3.63, 3.8) is 0 Å². The van der Waals surface area contributed by atoms with E-state index in [0.717, 1.165) is 9.13 Å². The maximum Gasteiger partial charge on any atom is 0.351 e. The van der Waals surface area contributed by atoms with Crippen molar-refractivity contribution in [2.75, 3.05) is 159 Å². The lowest BCUT2D eigenvalue weighted by molar-refractivity contribution is -0.130. The summed E-state index contributed by atoms with van der Waals surface area (Å²) in [4.78, 5) is 86.1. The molecule has 42 heteroatoms. The largest absolute Gasteiger partial charge is 0.383 e. The summed E-state index contributed by atoms with van der Waals surface area (Å²) in [6.07, 6.45) is -2.88. The first kappa shape index (κ1) is 67.9. The van der Waals surface area contributed by atoms with E-state index in [4.69, 9.17) is 54.2 Å². The van der Waals surface area contributed by atoms with E-state index in [1.807, 2.05) is 0 Å². The third-order valence-corrected chi connectivity index (χ3v) is 24.8. The minimum absolute atomic E-state index is 0.00554. The van der Waals surface area contributed by atoms with E-state index in [0.29, 0.717) is 0 Å². The summed E-state index contributed by atoms with van der Waals surface area (Å²) in [5.41, 5.74) is 14.2. The molecule has 0 amide bonds. The van der Waals surface area contributed by atoms with Gasteiger partial charge < -0.3 is 59.6 Å². The van der Waals surface area contributed by atoms with E-state index in [2.05, 4.69) is 35.2 Å². The molecule has 4 saturated heterocycles. The molecule has 9 N–H and O–H groups in total. The molecule has 12 atom stereocenters. The van der Waals surface area contributed by atoms with Crippen molar-refractivity contribution < 1.29 is 55.3 Å². The molecule has 4 aliphatic heterocycles. The molecule has 4 fully saturated rings. The predicted molar refractivity (Wildman–Crippen MR) is 323 cm³/mol. The van der Waals surface area contributed by atoms with Gasteiger partial charge in [0.15, 0.2) is 29.8 Å². The van der Waals surface area contributed by atoms with Crippen molar-refractivity contribution >= 4 is 59.3 Å². The Morgan fingerprint density at radius 3 is 1.46 bits per heavy atom. The number of rotatable bonds is 23. The Bertz CT molecular complexity index is 3880. The maximum absolute atomic E-state index is 16.0. The van der Waals surface area contributed by atoms with Gasteiger partial charge in [0, 0.05) is 63.5 Å². The summed E-state index contributed by atoms with van der Waals surface area (Å²) >= 11 is 0. The summed E-state index contributed by atoms with van der Waals surface area (Å²) in [6.45, 7) is 0.745. The molecule has 89 heavy (non-hydrogen) atoms. The van der Waals surface area contributed by atoms with Crippen LogP contribution in [0.5, 0.6) is 0 Å². The zero-order valence-corrected chi connectivity index (χ0v) is 54.3. The van der Waals surface area contributed by atoms with Crippen molar-refractivity contribution in [3.05, 3.63) is 94.8 Å². The number of hydrogen-bond acceptors (Lipinski definition) is 25. The third kappa shape index (κ3) is 14.9. The van der Waals surface area contributed by atoms with Crippen LogP contribution in [0.1, 0.15) is 30.5 Å². The van der Waals surface area contributed by atoms with Crippen molar-refractivity contribution in [1.29, 1.82) is 0 Å². The number of ether oxygens (including phenoxy) is 4. The average molecular weight is 1330 g/mol. The SMILES string of the molecule is Cc1cn(C2CN(P(=O)(OCC3CN(P(=O)(OCC4CN(P(=O)(OCC5CNCC(n6ccc(N)nc6=O)O5)N(C)C)CC(n5ccc(N)nc5=O)O4)N(C)C)CC(n4cnc5c(=O)[nH]c(N)nc54)O3)N(C)C)CC(COP(C)(=O)N(C)C)O2)c(=O)[nH]c1=O. The fraction of sp³-hybridized carbons (Fsp3) is 0.638. The lowest BCUT2D eigenvalue weighted by atomic mass is 10.3. The van der Waals surface area contributed by atoms with Crippen LogP contribution in [-0.2, 0) is 55.3 Å². The Balaban J connectivity index is 1.00. The molecule has 0 bridgehead atoms. The van der Waals surface area contributed by atoms with Gasteiger partial charge in [-0.15, -0.1) is 0 Å². The topological polar surface area (TPSA) is 443 Å². The highest BCUT2D eigenvalue weighted by Gasteiger charge is 2.49. The number of fused-ring (bicyclic) bond motifs is 1. The van der Waals surface area contributed by atoms with E-state index >= 15 is 13.7 Å². The van der Waals surface area contributed by atoms with Crippen molar-refractivity contribution in [1.82, 2.24) is 86.2 Å². The zero-order chi connectivity index (χ0) is 64.7. The quantitative estimate of drug-likeness (QED) is 0.0418. The fourth-order valence-corrected chi connectivity index (χ4v) is 16.8. The van der Waals surface area contributed by atoms with E-state index in [1.165, 1.54) is 121 Å². The number of hydrogen-bond donors (Lipinski definition) is 6. The van der Waals surface area contributed by atoms with Gasteiger partial charge >= 0.3 is 40.1 Å². The number of nitrogens with one attached hydrogen (secondary N) is 3. The van der Waals surface area contributed by atoms with Crippen LogP contribution < -0.4 is 50.7 Å². The maximum atomic E-state index is 16.0. The lowest BCUT2D eigenvalue weighted by Gasteiger charge is -2.45. The molecule has 38 nitrogen and oxygen atoms in total. The van der Waals surface area contributed by atoms with Gasteiger partial charge in [-0.1, -0.05) is 0 Å². The molecular weight excluding hydrogens is 1250 g/mol. The molecule has 0 spiro atoms. The highest BCUT2D eigenvalue weighted by molar-refractivity contribution is 7.55. The van der Waals surface area contributed by atoms with Crippen molar-refractivity contribution in [2.24, 2.45) is 0 Å². The first-order chi connectivity index (χ1) is 41.9. The molecule has 492 valence electrons. The van der Waals surface area contributed by atoms with Crippen LogP contribution in [0.4, 0.5) is 17.6 Å². The molecule has 5 aromatic rings. The summed E-state index contributed by atoms with van der Waals surface area (Å²) in [7, 11) is -3.71. The third-order valence-electron chi connectivity index (χ3n) is 15.1.